The SMILES string of the molecule is COC(=O)c1cc(NC(=O)[C@@H](CC(C)C)N2Cc3ccccc3C2=O)cc(C(=O)OC)c1. The van der Waals surface area contributed by atoms with Gasteiger partial charge in [0.25, 0.3) is 5.91 Å². The Morgan fingerprint density at radius 3 is 2.12 bits per heavy atom. The third kappa shape index (κ3) is 4.80. The molecule has 0 fully saturated rings. The van der Waals surface area contributed by atoms with E-state index in [1.54, 1.807) is 17.0 Å². The van der Waals surface area contributed by atoms with E-state index in [1.165, 1.54) is 32.4 Å². The van der Waals surface area contributed by atoms with E-state index < -0.39 is 23.9 Å². The van der Waals surface area contributed by atoms with Crippen molar-refractivity contribution in [1.29, 1.82) is 0 Å². The zero-order valence-corrected chi connectivity index (χ0v) is 18.5. The molecule has 0 aromatic heterocycles. The van der Waals surface area contributed by atoms with Crippen molar-refractivity contribution in [2.75, 3.05) is 19.5 Å². The molecule has 1 heterocycles. The summed E-state index contributed by atoms with van der Waals surface area (Å²) in [6, 6.07) is 10.7. The molecule has 168 valence electrons. The number of carbonyl (C=O) groups is 4. The number of esters is 2. The highest BCUT2D eigenvalue weighted by atomic mass is 16.5. The second-order valence-electron chi connectivity index (χ2n) is 8.01. The lowest BCUT2D eigenvalue weighted by Crippen LogP contribution is -2.45. The maximum Gasteiger partial charge on any atom is 0.337 e. The smallest absolute Gasteiger partial charge is 0.337 e. The van der Waals surface area contributed by atoms with Gasteiger partial charge in [0.05, 0.1) is 25.3 Å². The average Bonchev–Trinajstić information content (AvgIpc) is 3.12. The monoisotopic (exact) mass is 438 g/mol. The summed E-state index contributed by atoms with van der Waals surface area (Å²) in [5, 5.41) is 2.76. The predicted octanol–water partition coefficient (Wildman–Crippen LogP) is 3.27. The van der Waals surface area contributed by atoms with Crippen LogP contribution in [0.1, 0.15) is 56.9 Å². The molecule has 2 aromatic rings. The molecule has 1 N–H and O–H groups in total. The molecule has 0 spiro atoms. The first-order valence-electron chi connectivity index (χ1n) is 10.3. The molecular formula is C24H26N2O6. The van der Waals surface area contributed by atoms with Crippen molar-refractivity contribution in [1.82, 2.24) is 4.90 Å². The van der Waals surface area contributed by atoms with Crippen LogP contribution < -0.4 is 5.32 Å². The molecular weight excluding hydrogens is 412 g/mol. The summed E-state index contributed by atoms with van der Waals surface area (Å²) in [5.74, 6) is -1.77. The first-order chi connectivity index (χ1) is 15.2. The quantitative estimate of drug-likeness (QED) is 0.666. The number of hydrogen-bond acceptors (Lipinski definition) is 6. The number of methoxy groups -OCH3 is 2. The van der Waals surface area contributed by atoms with Crippen molar-refractivity contribution in [3.8, 4) is 0 Å². The van der Waals surface area contributed by atoms with E-state index in [4.69, 9.17) is 9.47 Å². The van der Waals surface area contributed by atoms with Gasteiger partial charge < -0.3 is 19.7 Å². The summed E-state index contributed by atoms with van der Waals surface area (Å²) >= 11 is 0. The highest BCUT2D eigenvalue weighted by Crippen LogP contribution is 2.28. The summed E-state index contributed by atoms with van der Waals surface area (Å²) in [5.41, 5.74) is 1.89. The molecule has 8 heteroatoms. The second kappa shape index (κ2) is 9.64. The highest BCUT2D eigenvalue weighted by molar-refractivity contribution is 6.04. The van der Waals surface area contributed by atoms with E-state index in [0.717, 1.165) is 5.56 Å². The third-order valence-electron chi connectivity index (χ3n) is 5.27. The Kier molecular flexibility index (Phi) is 6.92. The third-order valence-corrected chi connectivity index (χ3v) is 5.27. The zero-order valence-electron chi connectivity index (χ0n) is 18.5. The minimum Gasteiger partial charge on any atom is -0.465 e. The van der Waals surface area contributed by atoms with Crippen molar-refractivity contribution in [3.63, 3.8) is 0 Å². The van der Waals surface area contributed by atoms with Crippen molar-refractivity contribution >= 4 is 29.4 Å². The van der Waals surface area contributed by atoms with Gasteiger partial charge in [0, 0.05) is 17.8 Å². The van der Waals surface area contributed by atoms with Gasteiger partial charge in [0.1, 0.15) is 6.04 Å². The molecule has 0 bridgehead atoms. The number of ether oxygens (including phenoxy) is 2. The normalized spacial score (nSPS) is 13.5. The Morgan fingerprint density at radius 2 is 1.59 bits per heavy atom. The maximum atomic E-state index is 13.3. The van der Waals surface area contributed by atoms with Crippen LogP contribution in [0.4, 0.5) is 5.69 Å². The second-order valence-corrected chi connectivity index (χ2v) is 8.01. The molecule has 3 rings (SSSR count). The lowest BCUT2D eigenvalue weighted by molar-refractivity contribution is -0.121. The van der Waals surface area contributed by atoms with Crippen LogP contribution in [0.2, 0.25) is 0 Å². The molecule has 1 atom stereocenters. The van der Waals surface area contributed by atoms with Gasteiger partial charge in [-0.25, -0.2) is 9.59 Å². The van der Waals surface area contributed by atoms with Crippen LogP contribution in [0.3, 0.4) is 0 Å². The molecule has 0 aliphatic carbocycles. The van der Waals surface area contributed by atoms with Gasteiger partial charge >= 0.3 is 11.9 Å². The van der Waals surface area contributed by atoms with Crippen LogP contribution in [0.5, 0.6) is 0 Å². The van der Waals surface area contributed by atoms with Gasteiger partial charge in [-0.2, -0.15) is 0 Å². The fourth-order valence-electron chi connectivity index (χ4n) is 3.75. The number of amides is 2. The summed E-state index contributed by atoms with van der Waals surface area (Å²) < 4.78 is 9.48. The lowest BCUT2D eigenvalue weighted by Gasteiger charge is -2.28. The van der Waals surface area contributed by atoms with Crippen molar-refractivity contribution in [2.24, 2.45) is 5.92 Å². The Morgan fingerprint density at radius 1 is 1.00 bits per heavy atom. The molecule has 0 saturated carbocycles. The number of hydrogen-bond donors (Lipinski definition) is 1. The largest absolute Gasteiger partial charge is 0.465 e. The predicted molar refractivity (Wildman–Crippen MR) is 117 cm³/mol. The number of rotatable bonds is 7. The average molecular weight is 438 g/mol. The first kappa shape index (κ1) is 23.0. The van der Waals surface area contributed by atoms with E-state index in [1.807, 2.05) is 26.0 Å². The standard InChI is InChI=1S/C24H26N2O6/c1-14(2)9-20(26-13-15-7-5-6-8-19(15)22(26)28)21(27)25-18-11-16(23(29)31-3)10-17(12-18)24(30)32-4/h5-8,10-12,14,20H,9,13H2,1-4H3,(H,25,27)/t20-/m1/s1. The van der Waals surface area contributed by atoms with Gasteiger partial charge in [0.15, 0.2) is 0 Å². The summed E-state index contributed by atoms with van der Waals surface area (Å²) in [6.45, 7) is 4.29. The van der Waals surface area contributed by atoms with Crippen LogP contribution >= 0.6 is 0 Å². The molecule has 2 aromatic carbocycles. The van der Waals surface area contributed by atoms with Crippen LogP contribution in [-0.4, -0.2) is 48.9 Å². The minimum atomic E-state index is -0.724. The molecule has 2 amide bonds. The molecule has 0 saturated heterocycles. The molecule has 1 aliphatic rings. The van der Waals surface area contributed by atoms with Crippen molar-refractivity contribution < 1.29 is 28.7 Å². The molecule has 0 unspecified atom stereocenters. The number of nitrogens with zero attached hydrogens (tertiary/aromatic N) is 1. The minimum absolute atomic E-state index is 0.0933. The Labute approximate surface area is 186 Å². The van der Waals surface area contributed by atoms with Crippen LogP contribution in [0, 0.1) is 5.92 Å². The first-order valence-corrected chi connectivity index (χ1v) is 10.3. The van der Waals surface area contributed by atoms with E-state index >= 15 is 0 Å². The Bertz CT molecular complexity index is 1030. The zero-order chi connectivity index (χ0) is 23.4. The number of anilines is 1. The molecule has 32 heavy (non-hydrogen) atoms. The fraction of sp³-hybridized carbons (Fsp3) is 0.333. The van der Waals surface area contributed by atoms with E-state index in [-0.39, 0.29) is 28.6 Å². The molecule has 8 nitrogen and oxygen atoms in total. The molecule has 1 aliphatic heterocycles. The number of carbonyl (C=O) groups excluding carboxylic acids is 4. The van der Waals surface area contributed by atoms with Gasteiger partial charge in [0.2, 0.25) is 5.91 Å². The van der Waals surface area contributed by atoms with Gasteiger partial charge in [-0.1, -0.05) is 32.0 Å². The maximum absolute atomic E-state index is 13.3. The van der Waals surface area contributed by atoms with Gasteiger partial charge in [-0.05, 0) is 42.2 Å². The number of nitrogens with one attached hydrogen (secondary N) is 1. The van der Waals surface area contributed by atoms with E-state index in [0.29, 0.717) is 18.5 Å². The Hall–Kier alpha value is -3.68. The molecule has 0 radical (unpaired) electrons. The van der Waals surface area contributed by atoms with Gasteiger partial charge in [-0.15, -0.1) is 0 Å². The lowest BCUT2D eigenvalue weighted by atomic mass is 10.0. The van der Waals surface area contributed by atoms with Crippen molar-refractivity contribution in [3.05, 3.63) is 64.7 Å². The van der Waals surface area contributed by atoms with Gasteiger partial charge in [-0.3, -0.25) is 9.59 Å². The fourth-order valence-corrected chi connectivity index (χ4v) is 3.75. The van der Waals surface area contributed by atoms with Crippen molar-refractivity contribution in [2.45, 2.75) is 32.9 Å². The van der Waals surface area contributed by atoms with Crippen LogP contribution in [0.15, 0.2) is 42.5 Å². The summed E-state index contributed by atoms with van der Waals surface area (Å²) in [6.07, 6.45) is 0.451. The Balaban J connectivity index is 1.91. The highest BCUT2D eigenvalue weighted by Gasteiger charge is 2.36. The van der Waals surface area contributed by atoms with E-state index in [9.17, 15) is 19.2 Å². The van der Waals surface area contributed by atoms with E-state index in [2.05, 4.69) is 5.32 Å². The topological polar surface area (TPSA) is 102 Å². The number of benzene rings is 2. The van der Waals surface area contributed by atoms with Crippen LogP contribution in [-0.2, 0) is 20.8 Å². The van der Waals surface area contributed by atoms with Crippen LogP contribution in [0.25, 0.3) is 0 Å². The number of fused-ring (bicyclic) bond motifs is 1. The summed E-state index contributed by atoms with van der Waals surface area (Å²) in [7, 11) is 2.45. The summed E-state index contributed by atoms with van der Waals surface area (Å²) in [4.78, 5) is 51.9.